The molecule has 7 heteroatoms. The van der Waals surface area contributed by atoms with Gasteiger partial charge in [0.05, 0.1) is 6.61 Å². The first kappa shape index (κ1) is 14.4. The lowest BCUT2D eigenvalue weighted by Crippen LogP contribution is -2.44. The summed E-state index contributed by atoms with van der Waals surface area (Å²) in [5, 5.41) is 13.0. The molecule has 0 aromatic carbocycles. The Labute approximate surface area is 105 Å². The molecule has 1 heterocycles. The molecule has 0 aliphatic carbocycles. The fraction of sp³-hybridized carbons (Fsp3) is 0.727. The van der Waals surface area contributed by atoms with Crippen molar-refractivity contribution in [3.63, 3.8) is 0 Å². The number of aromatic nitrogens is 3. The normalized spacial score (nSPS) is 10.7. The Morgan fingerprint density at radius 3 is 2.50 bits per heavy atom. The first-order chi connectivity index (χ1) is 8.52. The van der Waals surface area contributed by atoms with Crippen molar-refractivity contribution in [2.45, 2.75) is 19.8 Å². The molecule has 0 aliphatic heterocycles. The molecule has 1 aromatic rings. The van der Waals surface area contributed by atoms with Crippen molar-refractivity contribution < 1.29 is 5.11 Å². The second-order valence-electron chi connectivity index (χ2n) is 4.16. The average molecular weight is 256 g/mol. The molecule has 0 fully saturated rings. The Kier molecular flexibility index (Phi) is 5.08. The Morgan fingerprint density at radius 1 is 1.28 bits per heavy atom. The maximum atomic E-state index is 12.0. The number of hydrogen-bond acceptors (Lipinski definition) is 5. The number of aliphatic hydroxyl groups excluding tert-OH is 1. The van der Waals surface area contributed by atoms with Crippen LogP contribution in [0, 0.1) is 0 Å². The van der Waals surface area contributed by atoms with Crippen LogP contribution in [0.3, 0.4) is 0 Å². The van der Waals surface area contributed by atoms with E-state index in [0.29, 0.717) is 13.1 Å². The van der Waals surface area contributed by atoms with Crippen LogP contribution in [0.15, 0.2) is 9.59 Å². The van der Waals surface area contributed by atoms with Crippen molar-refractivity contribution in [1.29, 1.82) is 0 Å². The summed E-state index contributed by atoms with van der Waals surface area (Å²) in [6, 6.07) is 0. The lowest BCUT2D eigenvalue weighted by atomic mass is 10.3. The molecular weight excluding hydrogens is 236 g/mol. The monoisotopic (exact) mass is 256 g/mol. The molecular formula is C11H20N4O3. The van der Waals surface area contributed by atoms with Crippen molar-refractivity contribution in [3.05, 3.63) is 20.8 Å². The first-order valence-electron chi connectivity index (χ1n) is 6.03. The van der Waals surface area contributed by atoms with Gasteiger partial charge in [-0.2, -0.15) is 0 Å². The Bertz CT molecular complexity index is 506. The van der Waals surface area contributed by atoms with Crippen LogP contribution >= 0.6 is 0 Å². The molecule has 7 nitrogen and oxygen atoms in total. The fourth-order valence-electron chi connectivity index (χ4n) is 1.67. The molecule has 1 aromatic heterocycles. The Hall–Kier alpha value is -1.63. The lowest BCUT2D eigenvalue weighted by Gasteiger charge is -2.22. The number of aryl methyl sites for hydroxylation is 1. The molecule has 0 bridgehead atoms. The van der Waals surface area contributed by atoms with Gasteiger partial charge in [0.25, 0.3) is 5.56 Å². The van der Waals surface area contributed by atoms with E-state index < -0.39 is 11.2 Å². The molecule has 0 spiro atoms. The molecule has 102 valence electrons. The standard InChI is InChI=1S/C11H20N4O3/c1-4-5-6-15(7-8-16)9-10(17)13(2)11(18)14(3)12-9/h16H,4-8H2,1-3H3. The van der Waals surface area contributed by atoms with Crippen LogP contribution in [0.25, 0.3) is 0 Å². The van der Waals surface area contributed by atoms with Crippen molar-refractivity contribution in [2.24, 2.45) is 14.1 Å². The molecule has 18 heavy (non-hydrogen) atoms. The highest BCUT2D eigenvalue weighted by atomic mass is 16.3. The van der Waals surface area contributed by atoms with E-state index in [4.69, 9.17) is 5.11 Å². The third kappa shape index (κ3) is 2.98. The molecule has 0 radical (unpaired) electrons. The quantitative estimate of drug-likeness (QED) is 0.712. The summed E-state index contributed by atoms with van der Waals surface area (Å²) in [7, 11) is 2.93. The predicted molar refractivity (Wildman–Crippen MR) is 68.9 cm³/mol. The molecule has 1 rings (SSSR count). The van der Waals surface area contributed by atoms with Gasteiger partial charge in [0.2, 0.25) is 5.82 Å². The topological polar surface area (TPSA) is 80.4 Å². The SMILES string of the molecule is CCCCN(CCO)c1nn(C)c(=O)n(C)c1=O. The zero-order valence-electron chi connectivity index (χ0n) is 11.1. The molecule has 0 saturated heterocycles. The van der Waals surface area contributed by atoms with Crippen LogP contribution in [0.1, 0.15) is 19.8 Å². The number of nitrogens with zero attached hydrogens (tertiary/aromatic N) is 4. The molecule has 0 saturated carbocycles. The fourth-order valence-corrected chi connectivity index (χ4v) is 1.67. The van der Waals surface area contributed by atoms with Gasteiger partial charge < -0.3 is 10.0 Å². The Balaban J connectivity index is 3.19. The first-order valence-corrected chi connectivity index (χ1v) is 6.03. The third-order valence-electron chi connectivity index (χ3n) is 2.76. The van der Waals surface area contributed by atoms with Crippen molar-refractivity contribution in [1.82, 2.24) is 14.3 Å². The minimum atomic E-state index is -0.455. The van der Waals surface area contributed by atoms with Gasteiger partial charge in [-0.1, -0.05) is 13.3 Å². The number of unbranched alkanes of at least 4 members (excludes halogenated alkanes) is 1. The maximum Gasteiger partial charge on any atom is 0.346 e. The highest BCUT2D eigenvalue weighted by Gasteiger charge is 2.15. The molecule has 1 N–H and O–H groups in total. The summed E-state index contributed by atoms with van der Waals surface area (Å²) in [5.41, 5.74) is -0.883. The third-order valence-corrected chi connectivity index (χ3v) is 2.76. The van der Waals surface area contributed by atoms with Gasteiger partial charge in [-0.05, 0) is 6.42 Å². The van der Waals surface area contributed by atoms with Crippen LogP contribution < -0.4 is 16.1 Å². The summed E-state index contributed by atoms with van der Waals surface area (Å²) >= 11 is 0. The Morgan fingerprint density at radius 2 is 1.94 bits per heavy atom. The van der Waals surface area contributed by atoms with Gasteiger partial charge in [-0.15, -0.1) is 5.10 Å². The lowest BCUT2D eigenvalue weighted by molar-refractivity contribution is 0.300. The zero-order chi connectivity index (χ0) is 13.7. The summed E-state index contributed by atoms with van der Waals surface area (Å²) < 4.78 is 2.16. The van der Waals surface area contributed by atoms with E-state index in [0.717, 1.165) is 22.1 Å². The van der Waals surface area contributed by atoms with Crippen LogP contribution in [0.5, 0.6) is 0 Å². The highest BCUT2D eigenvalue weighted by Crippen LogP contribution is 2.03. The van der Waals surface area contributed by atoms with E-state index in [-0.39, 0.29) is 12.4 Å². The largest absolute Gasteiger partial charge is 0.395 e. The molecule has 0 unspecified atom stereocenters. The minimum absolute atomic E-state index is 0.0581. The summed E-state index contributed by atoms with van der Waals surface area (Å²) in [4.78, 5) is 25.2. The van der Waals surface area contributed by atoms with Gasteiger partial charge in [0.15, 0.2) is 0 Å². The second-order valence-corrected chi connectivity index (χ2v) is 4.16. The van der Waals surface area contributed by atoms with E-state index in [1.54, 1.807) is 4.90 Å². The molecule has 0 atom stereocenters. The zero-order valence-corrected chi connectivity index (χ0v) is 11.1. The van der Waals surface area contributed by atoms with Gasteiger partial charge in [0.1, 0.15) is 0 Å². The van der Waals surface area contributed by atoms with Gasteiger partial charge >= 0.3 is 5.69 Å². The van der Waals surface area contributed by atoms with Crippen LogP contribution in [0.4, 0.5) is 5.82 Å². The van der Waals surface area contributed by atoms with Gasteiger partial charge in [-0.25, -0.2) is 9.48 Å². The summed E-state index contributed by atoms with van der Waals surface area (Å²) in [6.45, 7) is 2.96. The average Bonchev–Trinajstić information content (AvgIpc) is 2.36. The summed E-state index contributed by atoms with van der Waals surface area (Å²) in [6.07, 6.45) is 1.88. The second kappa shape index (κ2) is 6.34. The highest BCUT2D eigenvalue weighted by molar-refractivity contribution is 5.34. The minimum Gasteiger partial charge on any atom is -0.395 e. The van der Waals surface area contributed by atoms with Crippen molar-refractivity contribution in [2.75, 3.05) is 24.6 Å². The van der Waals surface area contributed by atoms with Crippen molar-refractivity contribution >= 4 is 5.82 Å². The van der Waals surface area contributed by atoms with Crippen LogP contribution in [-0.4, -0.2) is 39.2 Å². The molecule has 0 aliphatic rings. The summed E-state index contributed by atoms with van der Waals surface area (Å²) in [5.74, 6) is 0.210. The van der Waals surface area contributed by atoms with E-state index >= 15 is 0 Å². The van der Waals surface area contributed by atoms with Gasteiger partial charge in [-0.3, -0.25) is 9.36 Å². The van der Waals surface area contributed by atoms with E-state index in [1.807, 2.05) is 6.92 Å². The van der Waals surface area contributed by atoms with E-state index in [9.17, 15) is 9.59 Å². The predicted octanol–water partition coefficient (Wildman–Crippen LogP) is -0.922. The van der Waals surface area contributed by atoms with Crippen LogP contribution in [-0.2, 0) is 14.1 Å². The maximum absolute atomic E-state index is 12.0. The van der Waals surface area contributed by atoms with E-state index in [2.05, 4.69) is 5.10 Å². The van der Waals surface area contributed by atoms with Gasteiger partial charge in [0, 0.05) is 27.2 Å². The molecule has 0 amide bonds. The van der Waals surface area contributed by atoms with E-state index in [1.165, 1.54) is 14.1 Å². The number of aliphatic hydroxyl groups is 1. The number of anilines is 1. The number of rotatable bonds is 6. The van der Waals surface area contributed by atoms with Crippen LogP contribution in [0.2, 0.25) is 0 Å². The number of hydrogen-bond donors (Lipinski definition) is 1. The van der Waals surface area contributed by atoms with Crippen molar-refractivity contribution in [3.8, 4) is 0 Å². The smallest absolute Gasteiger partial charge is 0.346 e.